The van der Waals surface area contributed by atoms with E-state index in [0.717, 1.165) is 52.6 Å². The Labute approximate surface area is 203 Å². The highest BCUT2D eigenvalue weighted by molar-refractivity contribution is 6.08. The quantitative estimate of drug-likeness (QED) is 0.401. The number of carbonyl (C=O) groups excluding carboxylic acids is 1. The minimum Gasteiger partial charge on any atom is -0.340 e. The summed E-state index contributed by atoms with van der Waals surface area (Å²) in [6.45, 7) is 4.04. The highest BCUT2D eigenvalue weighted by Crippen LogP contribution is 2.31. The van der Waals surface area contributed by atoms with Crippen LogP contribution in [-0.4, -0.2) is 38.0 Å². The van der Waals surface area contributed by atoms with Crippen LogP contribution >= 0.6 is 0 Å². The number of para-hydroxylation sites is 3. The first-order chi connectivity index (χ1) is 17.1. The van der Waals surface area contributed by atoms with Gasteiger partial charge in [-0.1, -0.05) is 60.7 Å². The van der Waals surface area contributed by atoms with E-state index in [1.54, 1.807) is 0 Å². The Hall–Kier alpha value is -4.06. The molecule has 1 aliphatic rings. The van der Waals surface area contributed by atoms with Gasteiger partial charge in [-0.3, -0.25) is 9.36 Å². The van der Waals surface area contributed by atoms with Crippen molar-refractivity contribution in [1.82, 2.24) is 19.0 Å². The van der Waals surface area contributed by atoms with Gasteiger partial charge in [0.05, 0.1) is 16.6 Å². The Morgan fingerprint density at radius 2 is 1.54 bits per heavy atom. The molecule has 1 N–H and O–H groups in total. The summed E-state index contributed by atoms with van der Waals surface area (Å²) in [5, 5.41) is 1.00. The van der Waals surface area contributed by atoms with Gasteiger partial charge in [-0.25, -0.2) is 4.79 Å². The SMILES string of the molecule is Cc1c(C(=O)N2CCC(n3c(=O)[nH]c4ccccc43)CC2)c2ccccc2n1Cc1ccccc1. The summed E-state index contributed by atoms with van der Waals surface area (Å²) in [6.07, 6.45) is 1.52. The predicted octanol–water partition coefficient (Wildman–Crippen LogP) is 5.12. The maximum absolute atomic E-state index is 13.8. The molecule has 1 saturated heterocycles. The summed E-state index contributed by atoms with van der Waals surface area (Å²) in [5.74, 6) is 0.0789. The number of benzene rings is 3. The number of aromatic nitrogens is 3. The number of rotatable bonds is 4. The molecule has 1 amide bonds. The average Bonchev–Trinajstić information content (AvgIpc) is 3.37. The molecule has 2 aromatic heterocycles. The van der Waals surface area contributed by atoms with Gasteiger partial charge in [-0.2, -0.15) is 0 Å². The average molecular weight is 465 g/mol. The van der Waals surface area contributed by atoms with Gasteiger partial charge < -0.3 is 14.5 Å². The molecule has 35 heavy (non-hydrogen) atoms. The number of nitrogens with one attached hydrogen (secondary N) is 1. The van der Waals surface area contributed by atoms with Crippen molar-refractivity contribution in [2.45, 2.75) is 32.4 Å². The molecule has 6 nitrogen and oxygen atoms in total. The van der Waals surface area contributed by atoms with Crippen molar-refractivity contribution in [3.05, 3.63) is 106 Å². The molecule has 3 heterocycles. The number of hydrogen-bond donors (Lipinski definition) is 1. The third-order valence-electron chi connectivity index (χ3n) is 7.37. The summed E-state index contributed by atoms with van der Waals surface area (Å²) in [6, 6.07) is 26.4. The van der Waals surface area contributed by atoms with Gasteiger partial charge in [-0.05, 0) is 43.5 Å². The molecule has 0 atom stereocenters. The van der Waals surface area contributed by atoms with E-state index in [9.17, 15) is 9.59 Å². The topological polar surface area (TPSA) is 63.0 Å². The number of nitrogens with zero attached hydrogens (tertiary/aromatic N) is 3. The Bertz CT molecular complexity index is 1580. The van der Waals surface area contributed by atoms with Crippen LogP contribution in [0.2, 0.25) is 0 Å². The lowest BCUT2D eigenvalue weighted by molar-refractivity contribution is 0.0696. The number of amides is 1. The van der Waals surface area contributed by atoms with Crippen molar-refractivity contribution in [2.75, 3.05) is 13.1 Å². The first kappa shape index (κ1) is 21.5. The van der Waals surface area contributed by atoms with Crippen LogP contribution in [0.3, 0.4) is 0 Å². The Morgan fingerprint density at radius 1 is 0.886 bits per heavy atom. The van der Waals surface area contributed by atoms with E-state index < -0.39 is 0 Å². The number of aromatic amines is 1. The van der Waals surface area contributed by atoms with Gasteiger partial charge in [-0.15, -0.1) is 0 Å². The minimum absolute atomic E-state index is 0.0733. The molecule has 0 spiro atoms. The van der Waals surface area contributed by atoms with Crippen LogP contribution < -0.4 is 5.69 Å². The summed E-state index contributed by atoms with van der Waals surface area (Å²) in [7, 11) is 0. The largest absolute Gasteiger partial charge is 0.340 e. The van der Waals surface area contributed by atoms with E-state index in [2.05, 4.69) is 40.7 Å². The fourth-order valence-corrected chi connectivity index (χ4v) is 5.59. The maximum atomic E-state index is 13.8. The van der Waals surface area contributed by atoms with E-state index in [-0.39, 0.29) is 17.6 Å². The molecule has 176 valence electrons. The van der Waals surface area contributed by atoms with Crippen molar-refractivity contribution in [3.8, 4) is 0 Å². The number of piperidine rings is 1. The Kier molecular flexibility index (Phi) is 5.29. The van der Waals surface area contributed by atoms with E-state index in [0.29, 0.717) is 13.1 Å². The van der Waals surface area contributed by atoms with Gasteiger partial charge in [0.2, 0.25) is 0 Å². The van der Waals surface area contributed by atoms with Gasteiger partial charge in [0.1, 0.15) is 0 Å². The molecule has 5 aromatic rings. The standard InChI is InChI=1S/C29H28N4O2/c1-20-27(23-11-5-7-13-25(23)32(20)19-21-9-3-2-4-10-21)28(34)31-17-15-22(16-18-31)33-26-14-8-6-12-24(26)30-29(33)35/h2-14,22H,15-19H2,1H3,(H,30,35). The molecule has 0 bridgehead atoms. The van der Waals surface area contributed by atoms with Crippen LogP contribution in [0.4, 0.5) is 0 Å². The van der Waals surface area contributed by atoms with Crippen LogP contribution in [0.25, 0.3) is 21.9 Å². The number of fused-ring (bicyclic) bond motifs is 2. The molecule has 6 heteroatoms. The molecular formula is C29H28N4O2. The van der Waals surface area contributed by atoms with Gasteiger partial charge in [0.15, 0.2) is 0 Å². The summed E-state index contributed by atoms with van der Waals surface area (Å²) in [4.78, 5) is 31.4. The number of imidazole rings is 1. The third kappa shape index (κ3) is 3.66. The predicted molar refractivity (Wildman–Crippen MR) is 139 cm³/mol. The lowest BCUT2D eigenvalue weighted by atomic mass is 10.0. The number of hydrogen-bond acceptors (Lipinski definition) is 2. The third-order valence-corrected chi connectivity index (χ3v) is 7.37. The lowest BCUT2D eigenvalue weighted by Crippen LogP contribution is -2.40. The van der Waals surface area contributed by atoms with Crippen LogP contribution in [0.15, 0.2) is 83.7 Å². The zero-order valence-corrected chi connectivity index (χ0v) is 19.8. The van der Waals surface area contributed by atoms with Gasteiger partial charge in [0, 0.05) is 42.3 Å². The molecule has 3 aromatic carbocycles. The molecular weight excluding hydrogens is 436 g/mol. The molecule has 0 radical (unpaired) electrons. The van der Waals surface area contributed by atoms with E-state index >= 15 is 0 Å². The van der Waals surface area contributed by atoms with Crippen molar-refractivity contribution < 1.29 is 4.79 Å². The molecule has 6 rings (SSSR count). The molecule has 0 aliphatic carbocycles. The molecule has 0 unspecified atom stereocenters. The highest BCUT2D eigenvalue weighted by atomic mass is 16.2. The van der Waals surface area contributed by atoms with Crippen molar-refractivity contribution in [1.29, 1.82) is 0 Å². The van der Waals surface area contributed by atoms with Gasteiger partial charge in [0.25, 0.3) is 5.91 Å². The van der Waals surface area contributed by atoms with Crippen LogP contribution in [-0.2, 0) is 6.54 Å². The zero-order chi connectivity index (χ0) is 23.9. The fraction of sp³-hybridized carbons (Fsp3) is 0.241. The molecule has 1 fully saturated rings. The lowest BCUT2D eigenvalue weighted by Gasteiger charge is -2.32. The maximum Gasteiger partial charge on any atom is 0.326 e. The second kappa shape index (κ2) is 8.62. The second-order valence-electron chi connectivity index (χ2n) is 9.39. The van der Waals surface area contributed by atoms with Crippen LogP contribution in [0.1, 0.15) is 40.5 Å². The monoisotopic (exact) mass is 464 g/mol. The Balaban J connectivity index is 1.28. The van der Waals surface area contributed by atoms with Crippen LogP contribution in [0, 0.1) is 6.92 Å². The summed E-state index contributed by atoms with van der Waals surface area (Å²) >= 11 is 0. The number of carbonyl (C=O) groups is 1. The van der Waals surface area contributed by atoms with Crippen molar-refractivity contribution >= 4 is 27.8 Å². The summed E-state index contributed by atoms with van der Waals surface area (Å²) in [5.41, 5.74) is 5.79. The normalized spacial score (nSPS) is 14.7. The first-order valence-corrected chi connectivity index (χ1v) is 12.2. The van der Waals surface area contributed by atoms with Crippen molar-refractivity contribution in [2.24, 2.45) is 0 Å². The first-order valence-electron chi connectivity index (χ1n) is 12.2. The minimum atomic E-state index is -0.0733. The fourth-order valence-electron chi connectivity index (χ4n) is 5.59. The van der Waals surface area contributed by atoms with Crippen LogP contribution in [0.5, 0.6) is 0 Å². The highest BCUT2D eigenvalue weighted by Gasteiger charge is 2.29. The summed E-state index contributed by atoms with van der Waals surface area (Å²) < 4.78 is 4.12. The molecule has 0 saturated carbocycles. The molecule has 1 aliphatic heterocycles. The van der Waals surface area contributed by atoms with E-state index in [4.69, 9.17) is 0 Å². The zero-order valence-electron chi connectivity index (χ0n) is 19.8. The number of H-pyrrole nitrogens is 1. The van der Waals surface area contributed by atoms with E-state index in [1.807, 2.05) is 64.1 Å². The number of likely N-dealkylation sites (tertiary alicyclic amines) is 1. The van der Waals surface area contributed by atoms with E-state index in [1.165, 1.54) is 5.56 Å². The smallest absolute Gasteiger partial charge is 0.326 e. The Morgan fingerprint density at radius 3 is 2.31 bits per heavy atom. The van der Waals surface area contributed by atoms with Crippen molar-refractivity contribution in [3.63, 3.8) is 0 Å². The second-order valence-corrected chi connectivity index (χ2v) is 9.39. The van der Waals surface area contributed by atoms with Gasteiger partial charge >= 0.3 is 5.69 Å².